The molecule has 0 saturated heterocycles. The van der Waals surface area contributed by atoms with Crippen molar-refractivity contribution in [2.24, 2.45) is 0 Å². The largest absolute Gasteiger partial charge is 0.381 e. The lowest BCUT2D eigenvalue weighted by Gasteiger charge is -1.89. The first-order chi connectivity index (χ1) is 6.18. The van der Waals surface area contributed by atoms with Crippen LogP contribution in [0.1, 0.15) is 5.56 Å². The summed E-state index contributed by atoms with van der Waals surface area (Å²) in [5.41, 5.74) is 7.54. The van der Waals surface area contributed by atoms with Crippen LogP contribution in [0.3, 0.4) is 0 Å². The minimum absolute atomic E-state index is 0.469. The van der Waals surface area contributed by atoms with Crippen molar-refractivity contribution in [2.75, 3.05) is 5.73 Å². The third-order valence-corrected chi connectivity index (χ3v) is 3.58. The van der Waals surface area contributed by atoms with Gasteiger partial charge in [-0.15, -0.1) is 11.3 Å². The van der Waals surface area contributed by atoms with E-state index in [-0.39, 0.29) is 0 Å². The highest BCUT2D eigenvalue weighted by Gasteiger charge is 2.12. The minimum atomic E-state index is 0.469. The maximum Gasteiger partial charge on any atom is 0.172 e. The summed E-state index contributed by atoms with van der Waals surface area (Å²) in [4.78, 5) is 0. The molecular formula is C8H7IN2OS. The first-order valence-electron chi connectivity index (χ1n) is 3.64. The van der Waals surface area contributed by atoms with Crippen molar-refractivity contribution in [1.82, 2.24) is 5.16 Å². The molecule has 0 aromatic carbocycles. The summed E-state index contributed by atoms with van der Waals surface area (Å²) in [5.74, 6) is 1.24. The molecule has 0 spiro atoms. The molecule has 2 heterocycles. The van der Waals surface area contributed by atoms with Gasteiger partial charge in [-0.2, -0.15) is 0 Å². The Balaban J connectivity index is 2.52. The van der Waals surface area contributed by atoms with Gasteiger partial charge in [0, 0.05) is 16.5 Å². The summed E-state index contributed by atoms with van der Waals surface area (Å²) in [6.45, 7) is 1.91. The third-order valence-electron chi connectivity index (χ3n) is 1.79. The SMILES string of the molecule is Cc1c(N)noc1-c1csc(I)c1. The predicted molar refractivity (Wildman–Crippen MR) is 61.7 cm³/mol. The van der Waals surface area contributed by atoms with Gasteiger partial charge in [-0.1, -0.05) is 5.16 Å². The second-order valence-electron chi connectivity index (χ2n) is 2.66. The van der Waals surface area contributed by atoms with Crippen LogP contribution in [0.2, 0.25) is 0 Å². The predicted octanol–water partition coefficient (Wildman–Crippen LogP) is 2.90. The van der Waals surface area contributed by atoms with Crippen molar-refractivity contribution >= 4 is 39.7 Å². The van der Waals surface area contributed by atoms with Crippen LogP contribution in [-0.4, -0.2) is 5.16 Å². The highest BCUT2D eigenvalue weighted by molar-refractivity contribution is 14.1. The van der Waals surface area contributed by atoms with Gasteiger partial charge in [-0.05, 0) is 35.6 Å². The molecule has 0 bridgehead atoms. The van der Waals surface area contributed by atoms with Gasteiger partial charge in [0.15, 0.2) is 11.6 Å². The van der Waals surface area contributed by atoms with Crippen molar-refractivity contribution in [3.8, 4) is 11.3 Å². The number of thiophene rings is 1. The van der Waals surface area contributed by atoms with E-state index in [2.05, 4.69) is 33.8 Å². The molecule has 0 atom stereocenters. The first kappa shape index (κ1) is 9.01. The Morgan fingerprint density at radius 1 is 1.62 bits per heavy atom. The van der Waals surface area contributed by atoms with E-state index in [4.69, 9.17) is 10.3 Å². The van der Waals surface area contributed by atoms with Crippen LogP contribution < -0.4 is 5.73 Å². The number of hydrogen-bond acceptors (Lipinski definition) is 4. The fraction of sp³-hybridized carbons (Fsp3) is 0.125. The van der Waals surface area contributed by atoms with Crippen molar-refractivity contribution in [3.63, 3.8) is 0 Å². The van der Waals surface area contributed by atoms with Crippen LogP contribution in [0.25, 0.3) is 11.3 Å². The van der Waals surface area contributed by atoms with E-state index in [0.717, 1.165) is 16.9 Å². The molecule has 0 amide bonds. The van der Waals surface area contributed by atoms with E-state index >= 15 is 0 Å². The van der Waals surface area contributed by atoms with Gasteiger partial charge in [0.1, 0.15) is 0 Å². The van der Waals surface area contributed by atoms with Crippen LogP contribution in [-0.2, 0) is 0 Å². The molecule has 2 rings (SSSR count). The van der Waals surface area contributed by atoms with E-state index in [1.807, 2.05) is 12.3 Å². The Morgan fingerprint density at radius 3 is 2.85 bits per heavy atom. The number of hydrogen-bond donors (Lipinski definition) is 1. The summed E-state index contributed by atoms with van der Waals surface area (Å²) in [6.07, 6.45) is 0. The number of nitrogens with zero attached hydrogens (tertiary/aromatic N) is 1. The lowest BCUT2D eigenvalue weighted by atomic mass is 10.2. The maximum atomic E-state index is 5.58. The van der Waals surface area contributed by atoms with Gasteiger partial charge in [-0.3, -0.25) is 0 Å². The normalized spacial score (nSPS) is 10.6. The second-order valence-corrected chi connectivity index (χ2v) is 5.47. The highest BCUT2D eigenvalue weighted by Crippen LogP contribution is 2.30. The maximum absolute atomic E-state index is 5.58. The highest BCUT2D eigenvalue weighted by atomic mass is 127. The van der Waals surface area contributed by atoms with Crippen molar-refractivity contribution in [1.29, 1.82) is 0 Å². The molecule has 0 fully saturated rings. The van der Waals surface area contributed by atoms with Crippen LogP contribution in [0, 0.1) is 9.81 Å². The summed E-state index contributed by atoms with van der Waals surface area (Å²) < 4.78 is 6.35. The molecule has 13 heavy (non-hydrogen) atoms. The molecule has 0 aliphatic carbocycles. The molecule has 0 aliphatic heterocycles. The molecule has 2 N–H and O–H groups in total. The average molecular weight is 306 g/mol. The number of aromatic nitrogens is 1. The quantitative estimate of drug-likeness (QED) is 0.824. The van der Waals surface area contributed by atoms with Crippen LogP contribution >= 0.6 is 33.9 Å². The molecule has 2 aromatic rings. The molecule has 0 unspecified atom stereocenters. The Bertz CT molecular complexity index is 435. The van der Waals surface area contributed by atoms with Gasteiger partial charge in [0.2, 0.25) is 0 Å². The summed E-state index contributed by atoms with van der Waals surface area (Å²) >= 11 is 3.95. The van der Waals surface area contributed by atoms with Gasteiger partial charge < -0.3 is 10.3 Å². The molecule has 0 aliphatic rings. The van der Waals surface area contributed by atoms with E-state index in [0.29, 0.717) is 5.82 Å². The zero-order valence-electron chi connectivity index (χ0n) is 6.87. The van der Waals surface area contributed by atoms with Crippen molar-refractivity contribution in [3.05, 3.63) is 19.9 Å². The van der Waals surface area contributed by atoms with E-state index < -0.39 is 0 Å². The lowest BCUT2D eigenvalue weighted by molar-refractivity contribution is 0.435. The topological polar surface area (TPSA) is 52.0 Å². The van der Waals surface area contributed by atoms with Crippen LogP contribution in [0.15, 0.2) is 16.0 Å². The molecular weight excluding hydrogens is 299 g/mol. The van der Waals surface area contributed by atoms with Gasteiger partial charge in [0.25, 0.3) is 0 Å². The van der Waals surface area contributed by atoms with Gasteiger partial charge >= 0.3 is 0 Å². The molecule has 68 valence electrons. The number of halogens is 1. The van der Waals surface area contributed by atoms with Crippen molar-refractivity contribution < 1.29 is 4.52 Å². The Labute approximate surface area is 93.1 Å². The third kappa shape index (κ3) is 1.58. The van der Waals surface area contributed by atoms with E-state index in [1.54, 1.807) is 11.3 Å². The van der Waals surface area contributed by atoms with Crippen molar-refractivity contribution in [2.45, 2.75) is 6.92 Å². The molecule has 2 aromatic heterocycles. The molecule has 0 radical (unpaired) electrons. The summed E-state index contributed by atoms with van der Waals surface area (Å²) in [6, 6.07) is 2.05. The van der Waals surface area contributed by atoms with E-state index in [1.165, 1.54) is 2.88 Å². The van der Waals surface area contributed by atoms with Gasteiger partial charge in [-0.25, -0.2) is 0 Å². The molecule has 0 saturated carbocycles. The van der Waals surface area contributed by atoms with Crippen LogP contribution in [0.5, 0.6) is 0 Å². The number of rotatable bonds is 1. The zero-order chi connectivity index (χ0) is 9.42. The fourth-order valence-corrected chi connectivity index (χ4v) is 2.37. The average Bonchev–Trinajstić information content (AvgIpc) is 2.62. The second kappa shape index (κ2) is 3.30. The fourth-order valence-electron chi connectivity index (χ4n) is 1.05. The Morgan fingerprint density at radius 2 is 2.38 bits per heavy atom. The Hall–Kier alpha value is -0.560. The summed E-state index contributed by atoms with van der Waals surface area (Å²) in [5, 5.41) is 5.74. The minimum Gasteiger partial charge on any atom is -0.381 e. The first-order valence-corrected chi connectivity index (χ1v) is 5.60. The Kier molecular flexibility index (Phi) is 2.29. The molecule has 3 nitrogen and oxygen atoms in total. The lowest BCUT2D eigenvalue weighted by Crippen LogP contribution is -1.85. The standard InChI is InChI=1S/C8H7IN2OS/c1-4-7(12-11-8(4)10)5-2-6(9)13-3-5/h2-3H,1H3,(H2,10,11). The number of anilines is 1. The number of nitrogens with two attached hydrogens (primary N) is 1. The monoisotopic (exact) mass is 306 g/mol. The number of nitrogen functional groups attached to an aromatic ring is 1. The van der Waals surface area contributed by atoms with E-state index in [9.17, 15) is 0 Å². The van der Waals surface area contributed by atoms with Gasteiger partial charge in [0.05, 0.1) is 2.88 Å². The van der Waals surface area contributed by atoms with Crippen LogP contribution in [0.4, 0.5) is 5.82 Å². The summed E-state index contributed by atoms with van der Waals surface area (Å²) in [7, 11) is 0. The smallest absolute Gasteiger partial charge is 0.172 e. The molecule has 5 heteroatoms. The zero-order valence-corrected chi connectivity index (χ0v) is 9.85.